The molecule has 9 heteroatoms. The molecule has 136 valence electrons. The van der Waals surface area contributed by atoms with Gasteiger partial charge in [-0.1, -0.05) is 0 Å². The van der Waals surface area contributed by atoms with Crippen molar-refractivity contribution >= 4 is 10.2 Å². The van der Waals surface area contributed by atoms with Gasteiger partial charge in [-0.3, -0.25) is 0 Å². The Labute approximate surface area is 147 Å². The summed E-state index contributed by atoms with van der Waals surface area (Å²) < 4.78 is 42.8. The van der Waals surface area contributed by atoms with Gasteiger partial charge in [0.05, 0.1) is 11.9 Å². The van der Waals surface area contributed by atoms with Gasteiger partial charge in [-0.15, -0.1) is 0 Å². The van der Waals surface area contributed by atoms with Gasteiger partial charge in [-0.05, 0) is 31.3 Å². The van der Waals surface area contributed by atoms with Gasteiger partial charge in [-0.2, -0.15) is 22.1 Å². The van der Waals surface area contributed by atoms with Crippen molar-refractivity contribution in [2.75, 3.05) is 40.3 Å². The molecule has 0 saturated carbocycles. The summed E-state index contributed by atoms with van der Waals surface area (Å²) in [5, 5.41) is 4.23. The Bertz CT molecular complexity index is 813. The number of aromatic nitrogens is 2. The molecule has 0 unspecified atom stereocenters. The summed E-state index contributed by atoms with van der Waals surface area (Å²) in [6, 6.07) is 5.97. The first-order valence-corrected chi connectivity index (χ1v) is 9.45. The van der Waals surface area contributed by atoms with Gasteiger partial charge in [0.25, 0.3) is 10.2 Å². The summed E-state index contributed by atoms with van der Waals surface area (Å²) >= 11 is 0. The Kier molecular flexibility index (Phi) is 5.19. The highest BCUT2D eigenvalue weighted by Gasteiger charge is 2.29. The molecule has 0 radical (unpaired) electrons. The third kappa shape index (κ3) is 4.06. The van der Waals surface area contributed by atoms with E-state index in [2.05, 4.69) is 10.00 Å². The largest absolute Gasteiger partial charge is 0.304 e. The van der Waals surface area contributed by atoms with Crippen LogP contribution in [-0.4, -0.2) is 72.0 Å². The minimum atomic E-state index is -3.49. The highest BCUT2D eigenvalue weighted by molar-refractivity contribution is 7.86. The monoisotopic (exact) mass is 367 g/mol. The lowest BCUT2D eigenvalue weighted by Gasteiger charge is -2.33. The van der Waals surface area contributed by atoms with Crippen molar-refractivity contribution in [2.45, 2.75) is 6.54 Å². The highest BCUT2D eigenvalue weighted by Crippen LogP contribution is 2.15. The van der Waals surface area contributed by atoms with E-state index in [1.54, 1.807) is 36.3 Å². The zero-order valence-electron chi connectivity index (χ0n) is 14.3. The van der Waals surface area contributed by atoms with E-state index in [1.807, 2.05) is 7.05 Å². The smallest absolute Gasteiger partial charge is 0.282 e. The summed E-state index contributed by atoms with van der Waals surface area (Å²) in [5.41, 5.74) is 1.49. The molecule has 1 aliphatic rings. The van der Waals surface area contributed by atoms with Gasteiger partial charge in [0.1, 0.15) is 5.82 Å². The van der Waals surface area contributed by atoms with E-state index >= 15 is 0 Å². The quantitative estimate of drug-likeness (QED) is 0.789. The van der Waals surface area contributed by atoms with Crippen LogP contribution < -0.4 is 0 Å². The number of benzene rings is 1. The number of likely N-dealkylation sites (N-methyl/N-ethyl adjacent to an activating group) is 1. The van der Waals surface area contributed by atoms with E-state index in [4.69, 9.17) is 0 Å². The maximum absolute atomic E-state index is 13.0. The molecular weight excluding hydrogens is 345 g/mol. The maximum atomic E-state index is 13.0. The third-order valence-corrected chi connectivity index (χ3v) is 6.25. The normalized spacial score (nSPS) is 17.3. The van der Waals surface area contributed by atoms with Crippen molar-refractivity contribution in [1.29, 1.82) is 0 Å². The van der Waals surface area contributed by atoms with Crippen LogP contribution in [0, 0.1) is 5.82 Å². The van der Waals surface area contributed by atoms with Crippen LogP contribution in [0.25, 0.3) is 5.69 Å². The molecule has 1 fully saturated rings. The predicted molar refractivity (Wildman–Crippen MR) is 93.0 cm³/mol. The molecule has 1 aliphatic heterocycles. The Morgan fingerprint density at radius 2 is 1.80 bits per heavy atom. The fourth-order valence-corrected chi connectivity index (χ4v) is 4.06. The van der Waals surface area contributed by atoms with Gasteiger partial charge in [-0.25, -0.2) is 9.07 Å². The first kappa shape index (κ1) is 18.0. The first-order chi connectivity index (χ1) is 11.9. The Morgan fingerprint density at radius 3 is 2.44 bits per heavy atom. The zero-order valence-corrected chi connectivity index (χ0v) is 15.2. The molecule has 3 rings (SSSR count). The second-order valence-corrected chi connectivity index (χ2v) is 8.27. The van der Waals surface area contributed by atoms with Gasteiger partial charge in [0, 0.05) is 51.5 Å². The van der Waals surface area contributed by atoms with E-state index in [1.165, 1.54) is 20.7 Å². The molecule has 7 nitrogen and oxygen atoms in total. The summed E-state index contributed by atoms with van der Waals surface area (Å²) in [5.74, 6) is -0.311. The molecule has 1 saturated heterocycles. The number of piperazine rings is 1. The SMILES string of the molecule is CN1CCN(S(=O)(=O)N(C)Cc2cnn(-c3ccc(F)cc3)c2)CC1. The van der Waals surface area contributed by atoms with Gasteiger partial charge < -0.3 is 4.90 Å². The van der Waals surface area contributed by atoms with Crippen LogP contribution in [0.4, 0.5) is 4.39 Å². The topological polar surface area (TPSA) is 61.7 Å². The van der Waals surface area contributed by atoms with E-state index < -0.39 is 10.2 Å². The average Bonchev–Trinajstić information content (AvgIpc) is 3.04. The molecule has 0 atom stereocenters. The van der Waals surface area contributed by atoms with Gasteiger partial charge in [0.2, 0.25) is 0 Å². The van der Waals surface area contributed by atoms with Crippen LogP contribution in [0.5, 0.6) is 0 Å². The number of hydrogen-bond acceptors (Lipinski definition) is 4. The molecule has 0 spiro atoms. The van der Waals surface area contributed by atoms with Crippen molar-refractivity contribution in [3.05, 3.63) is 48.0 Å². The first-order valence-electron chi connectivity index (χ1n) is 8.06. The highest BCUT2D eigenvalue weighted by atomic mass is 32.2. The Hall–Kier alpha value is -1.81. The van der Waals surface area contributed by atoms with Crippen LogP contribution in [-0.2, 0) is 16.8 Å². The summed E-state index contributed by atoms with van der Waals surface area (Å²) in [4.78, 5) is 2.11. The summed E-state index contributed by atoms with van der Waals surface area (Å²) in [6.07, 6.45) is 3.38. The molecule has 25 heavy (non-hydrogen) atoms. The fourth-order valence-electron chi connectivity index (χ4n) is 2.73. The third-order valence-electron chi connectivity index (χ3n) is 4.31. The van der Waals surface area contributed by atoms with Crippen molar-refractivity contribution in [1.82, 2.24) is 23.3 Å². The van der Waals surface area contributed by atoms with Crippen molar-refractivity contribution < 1.29 is 12.8 Å². The molecule has 0 bridgehead atoms. The van der Waals surface area contributed by atoms with Gasteiger partial charge >= 0.3 is 0 Å². The lowest BCUT2D eigenvalue weighted by atomic mass is 10.3. The number of halogens is 1. The minimum Gasteiger partial charge on any atom is -0.304 e. The van der Waals surface area contributed by atoms with Crippen molar-refractivity contribution in [2.24, 2.45) is 0 Å². The molecule has 1 aromatic heterocycles. The lowest BCUT2D eigenvalue weighted by Crippen LogP contribution is -2.51. The van der Waals surface area contributed by atoms with Crippen LogP contribution in [0.2, 0.25) is 0 Å². The number of hydrogen-bond donors (Lipinski definition) is 0. The zero-order chi connectivity index (χ0) is 18.0. The number of rotatable bonds is 5. The summed E-state index contributed by atoms with van der Waals surface area (Å²) in [7, 11) is 0.0647. The van der Waals surface area contributed by atoms with Crippen LogP contribution in [0.15, 0.2) is 36.7 Å². The van der Waals surface area contributed by atoms with E-state index in [9.17, 15) is 12.8 Å². The molecule has 0 amide bonds. The molecule has 2 heterocycles. The molecular formula is C16H22FN5O2S. The lowest BCUT2D eigenvalue weighted by molar-refractivity contribution is 0.213. The summed E-state index contributed by atoms with van der Waals surface area (Å²) in [6.45, 7) is 2.69. The Balaban J connectivity index is 1.68. The van der Waals surface area contributed by atoms with Crippen LogP contribution in [0.3, 0.4) is 0 Å². The number of nitrogens with zero attached hydrogens (tertiary/aromatic N) is 5. The van der Waals surface area contributed by atoms with E-state index in [-0.39, 0.29) is 12.4 Å². The fraction of sp³-hybridized carbons (Fsp3) is 0.438. The van der Waals surface area contributed by atoms with Gasteiger partial charge in [0.15, 0.2) is 0 Å². The molecule has 1 aromatic carbocycles. The average molecular weight is 367 g/mol. The standard InChI is InChI=1S/C16H22FN5O2S/c1-19-7-9-21(10-8-19)25(23,24)20(2)12-14-11-18-22(13-14)16-5-3-15(17)4-6-16/h3-6,11,13H,7-10,12H2,1-2H3. The van der Waals surface area contributed by atoms with Crippen molar-refractivity contribution in [3.63, 3.8) is 0 Å². The van der Waals surface area contributed by atoms with E-state index in [0.29, 0.717) is 13.1 Å². The predicted octanol–water partition coefficient (Wildman–Crippen LogP) is 0.935. The minimum absolute atomic E-state index is 0.232. The molecule has 0 aliphatic carbocycles. The second-order valence-electron chi connectivity index (χ2n) is 6.24. The molecule has 0 N–H and O–H groups in total. The Morgan fingerprint density at radius 1 is 1.16 bits per heavy atom. The van der Waals surface area contributed by atoms with Crippen LogP contribution in [0.1, 0.15) is 5.56 Å². The van der Waals surface area contributed by atoms with Crippen LogP contribution >= 0.6 is 0 Å². The molecule has 2 aromatic rings. The maximum Gasteiger partial charge on any atom is 0.282 e. The van der Waals surface area contributed by atoms with E-state index in [0.717, 1.165) is 24.3 Å². The second kappa shape index (κ2) is 7.20. The van der Waals surface area contributed by atoms with Crippen molar-refractivity contribution in [3.8, 4) is 5.69 Å².